The van der Waals surface area contributed by atoms with Crippen molar-refractivity contribution in [2.45, 2.75) is 13.0 Å². The van der Waals surface area contributed by atoms with Crippen LogP contribution in [0.5, 0.6) is 0 Å². The van der Waals surface area contributed by atoms with Crippen molar-refractivity contribution >= 4 is 21.7 Å². The summed E-state index contributed by atoms with van der Waals surface area (Å²) in [5.41, 5.74) is 1.18. The predicted molar refractivity (Wildman–Crippen MR) is 67.8 cm³/mol. The van der Waals surface area contributed by atoms with Gasteiger partial charge in [-0.3, -0.25) is 0 Å². The van der Waals surface area contributed by atoms with E-state index in [1.54, 1.807) is 0 Å². The number of morpholine rings is 1. The molecular weight excluding hydrogens is 270 g/mol. The third-order valence-corrected chi connectivity index (χ3v) is 3.39. The fourth-order valence-electron chi connectivity index (χ4n) is 1.61. The minimum absolute atomic E-state index is 0.236. The molecule has 5 heteroatoms. The number of hydrogen-bond donors (Lipinski definition) is 2. The lowest BCUT2D eigenvalue weighted by atomic mass is 10.3. The topological polar surface area (TPSA) is 46.2 Å². The Balaban J connectivity index is 1.86. The van der Waals surface area contributed by atoms with Crippen LogP contribution in [0.15, 0.2) is 16.7 Å². The first-order chi connectivity index (χ1) is 7.75. The molecule has 1 aliphatic rings. The molecule has 0 amide bonds. The number of aryl methyl sites for hydroxylation is 1. The zero-order valence-corrected chi connectivity index (χ0v) is 10.9. The van der Waals surface area contributed by atoms with E-state index in [0.29, 0.717) is 0 Å². The summed E-state index contributed by atoms with van der Waals surface area (Å²) in [5, 5.41) is 6.58. The highest BCUT2D eigenvalue weighted by Gasteiger charge is 2.12. The quantitative estimate of drug-likeness (QED) is 0.885. The van der Waals surface area contributed by atoms with Gasteiger partial charge in [-0.15, -0.1) is 0 Å². The van der Waals surface area contributed by atoms with Crippen LogP contribution in [0, 0.1) is 6.92 Å². The van der Waals surface area contributed by atoms with Gasteiger partial charge in [0.15, 0.2) is 0 Å². The van der Waals surface area contributed by atoms with Crippen molar-refractivity contribution < 1.29 is 4.74 Å². The lowest BCUT2D eigenvalue weighted by Crippen LogP contribution is -2.42. The first-order valence-electron chi connectivity index (χ1n) is 5.44. The first kappa shape index (κ1) is 11.8. The van der Waals surface area contributed by atoms with Gasteiger partial charge in [-0.25, -0.2) is 4.98 Å². The van der Waals surface area contributed by atoms with Gasteiger partial charge in [0, 0.05) is 30.3 Å². The number of hydrogen-bond acceptors (Lipinski definition) is 4. The Kier molecular flexibility index (Phi) is 4.15. The summed E-state index contributed by atoms with van der Waals surface area (Å²) in [6, 6.07) is 2.03. The lowest BCUT2D eigenvalue weighted by Gasteiger charge is -2.24. The molecular formula is C11H16BrN3O. The van der Waals surface area contributed by atoms with Crippen LogP contribution < -0.4 is 10.6 Å². The maximum atomic E-state index is 5.59. The van der Waals surface area contributed by atoms with Crippen molar-refractivity contribution in [3.8, 4) is 0 Å². The highest BCUT2D eigenvalue weighted by molar-refractivity contribution is 9.10. The van der Waals surface area contributed by atoms with Gasteiger partial charge in [-0.2, -0.15) is 0 Å². The Hall–Kier alpha value is -0.650. The summed E-state index contributed by atoms with van der Waals surface area (Å²) in [6.45, 7) is 5.49. The van der Waals surface area contributed by atoms with Crippen LogP contribution in [0.2, 0.25) is 0 Å². The second-order valence-electron chi connectivity index (χ2n) is 3.90. The number of anilines is 1. The number of nitrogens with one attached hydrogen (secondary N) is 2. The van der Waals surface area contributed by atoms with E-state index < -0.39 is 0 Å². The molecule has 1 atom stereocenters. The first-order valence-corrected chi connectivity index (χ1v) is 6.23. The molecule has 0 aromatic carbocycles. The molecule has 0 radical (unpaired) electrons. The SMILES string of the molecule is Cc1cc(NCC2CNCCO2)ncc1Br. The molecule has 0 spiro atoms. The van der Waals surface area contributed by atoms with Gasteiger partial charge in [0.2, 0.25) is 0 Å². The fraction of sp³-hybridized carbons (Fsp3) is 0.545. The smallest absolute Gasteiger partial charge is 0.126 e. The molecule has 1 unspecified atom stereocenters. The molecule has 1 aromatic heterocycles. The van der Waals surface area contributed by atoms with Crippen molar-refractivity contribution in [3.63, 3.8) is 0 Å². The second-order valence-corrected chi connectivity index (χ2v) is 4.75. The second kappa shape index (κ2) is 5.61. The monoisotopic (exact) mass is 285 g/mol. The highest BCUT2D eigenvalue weighted by atomic mass is 79.9. The van der Waals surface area contributed by atoms with E-state index in [4.69, 9.17) is 4.74 Å². The zero-order valence-electron chi connectivity index (χ0n) is 9.29. The van der Waals surface area contributed by atoms with Crippen molar-refractivity contribution in [1.82, 2.24) is 10.3 Å². The van der Waals surface area contributed by atoms with Crippen molar-refractivity contribution in [2.75, 3.05) is 31.6 Å². The molecule has 0 bridgehead atoms. The van der Waals surface area contributed by atoms with Crippen LogP contribution in [-0.4, -0.2) is 37.3 Å². The summed E-state index contributed by atoms with van der Waals surface area (Å²) in [6.07, 6.45) is 2.05. The molecule has 1 aliphatic heterocycles. The Labute approximate surface area is 104 Å². The molecule has 1 saturated heterocycles. The number of ether oxygens (including phenoxy) is 1. The van der Waals surface area contributed by atoms with Crippen LogP contribution >= 0.6 is 15.9 Å². The Morgan fingerprint density at radius 3 is 3.25 bits per heavy atom. The van der Waals surface area contributed by atoms with Gasteiger partial charge < -0.3 is 15.4 Å². The molecule has 16 heavy (non-hydrogen) atoms. The number of pyridine rings is 1. The van der Waals surface area contributed by atoms with Gasteiger partial charge in [0.1, 0.15) is 5.82 Å². The third kappa shape index (κ3) is 3.17. The maximum Gasteiger partial charge on any atom is 0.126 e. The summed E-state index contributed by atoms with van der Waals surface area (Å²) in [5.74, 6) is 0.898. The molecule has 0 aliphatic carbocycles. The van der Waals surface area contributed by atoms with Crippen LogP contribution in [0.1, 0.15) is 5.56 Å². The van der Waals surface area contributed by atoms with Crippen LogP contribution in [-0.2, 0) is 4.74 Å². The van der Waals surface area contributed by atoms with Crippen molar-refractivity contribution in [2.24, 2.45) is 0 Å². The number of halogens is 1. The van der Waals surface area contributed by atoms with Crippen molar-refractivity contribution in [3.05, 3.63) is 22.3 Å². The molecule has 2 heterocycles. The average Bonchev–Trinajstić information content (AvgIpc) is 2.32. The molecule has 2 rings (SSSR count). The van der Waals surface area contributed by atoms with E-state index in [1.807, 2.05) is 12.3 Å². The highest BCUT2D eigenvalue weighted by Crippen LogP contribution is 2.17. The Bertz CT molecular complexity index is 353. The summed E-state index contributed by atoms with van der Waals surface area (Å²) in [7, 11) is 0. The number of rotatable bonds is 3. The fourth-order valence-corrected chi connectivity index (χ4v) is 1.82. The number of nitrogens with zero attached hydrogens (tertiary/aromatic N) is 1. The Morgan fingerprint density at radius 2 is 2.56 bits per heavy atom. The minimum Gasteiger partial charge on any atom is -0.374 e. The van der Waals surface area contributed by atoms with Gasteiger partial charge in [0.25, 0.3) is 0 Å². The molecule has 1 fully saturated rings. The van der Waals surface area contributed by atoms with Crippen LogP contribution in [0.4, 0.5) is 5.82 Å². The molecule has 2 N–H and O–H groups in total. The summed E-state index contributed by atoms with van der Waals surface area (Å²) in [4.78, 5) is 4.29. The normalized spacial score (nSPS) is 20.8. The van der Waals surface area contributed by atoms with E-state index in [0.717, 1.165) is 36.5 Å². The minimum atomic E-state index is 0.236. The van der Waals surface area contributed by atoms with Gasteiger partial charge in [-0.1, -0.05) is 0 Å². The lowest BCUT2D eigenvalue weighted by molar-refractivity contribution is 0.0372. The summed E-state index contributed by atoms with van der Waals surface area (Å²) >= 11 is 3.43. The van der Waals surface area contributed by atoms with E-state index in [2.05, 4.69) is 38.5 Å². The van der Waals surface area contributed by atoms with Crippen LogP contribution in [0.25, 0.3) is 0 Å². The maximum absolute atomic E-state index is 5.59. The largest absolute Gasteiger partial charge is 0.374 e. The molecule has 0 saturated carbocycles. The van der Waals surface area contributed by atoms with E-state index >= 15 is 0 Å². The Morgan fingerprint density at radius 1 is 1.69 bits per heavy atom. The van der Waals surface area contributed by atoms with E-state index in [-0.39, 0.29) is 6.10 Å². The van der Waals surface area contributed by atoms with E-state index in [1.165, 1.54) is 5.56 Å². The van der Waals surface area contributed by atoms with Gasteiger partial charge in [0.05, 0.1) is 12.7 Å². The standard InChI is InChI=1S/C11H16BrN3O/c1-8-4-11(15-7-10(8)12)14-6-9-5-13-2-3-16-9/h4,7,9,13H,2-3,5-6H2,1H3,(H,14,15). The zero-order chi connectivity index (χ0) is 11.4. The van der Waals surface area contributed by atoms with Crippen molar-refractivity contribution in [1.29, 1.82) is 0 Å². The molecule has 1 aromatic rings. The van der Waals surface area contributed by atoms with Crippen LogP contribution in [0.3, 0.4) is 0 Å². The molecule has 88 valence electrons. The molecule has 4 nitrogen and oxygen atoms in total. The van der Waals surface area contributed by atoms with E-state index in [9.17, 15) is 0 Å². The van der Waals surface area contributed by atoms with Gasteiger partial charge >= 0.3 is 0 Å². The summed E-state index contributed by atoms with van der Waals surface area (Å²) < 4.78 is 6.63. The predicted octanol–water partition coefficient (Wildman–Crippen LogP) is 1.55. The average molecular weight is 286 g/mol. The van der Waals surface area contributed by atoms with Gasteiger partial charge in [-0.05, 0) is 34.5 Å². The number of aromatic nitrogens is 1. The third-order valence-electron chi connectivity index (χ3n) is 2.56.